The number of fused-ring (bicyclic) bond motifs is 1. The van der Waals surface area contributed by atoms with Crippen LogP contribution in [0.4, 0.5) is 0 Å². The number of nitrogens with zero attached hydrogens (tertiary/aromatic N) is 1. The van der Waals surface area contributed by atoms with Crippen LogP contribution in [0.3, 0.4) is 0 Å². The predicted molar refractivity (Wildman–Crippen MR) is 71.0 cm³/mol. The van der Waals surface area contributed by atoms with Crippen molar-refractivity contribution in [1.82, 2.24) is 4.98 Å². The van der Waals surface area contributed by atoms with Crippen LogP contribution < -0.4 is 14.2 Å². The highest BCUT2D eigenvalue weighted by Crippen LogP contribution is 2.35. The van der Waals surface area contributed by atoms with Gasteiger partial charge in [-0.1, -0.05) is 11.6 Å². The molecule has 0 fully saturated rings. The molecule has 0 aliphatic carbocycles. The average molecular weight is 268 g/mol. The van der Waals surface area contributed by atoms with E-state index in [0.717, 1.165) is 5.39 Å². The molecule has 5 heteroatoms. The quantitative estimate of drug-likeness (QED) is 0.852. The van der Waals surface area contributed by atoms with Crippen LogP contribution >= 0.6 is 11.6 Å². The molecule has 0 bridgehead atoms. The number of hydrogen-bond donors (Lipinski definition) is 0. The second kappa shape index (κ2) is 5.31. The summed E-state index contributed by atoms with van der Waals surface area (Å²) < 4.78 is 15.8. The van der Waals surface area contributed by atoms with Crippen LogP contribution in [0.2, 0.25) is 5.02 Å². The lowest BCUT2D eigenvalue weighted by Gasteiger charge is -2.11. The van der Waals surface area contributed by atoms with E-state index in [-0.39, 0.29) is 0 Å². The fourth-order valence-electron chi connectivity index (χ4n) is 1.71. The van der Waals surface area contributed by atoms with Crippen molar-refractivity contribution in [2.45, 2.75) is 6.92 Å². The largest absolute Gasteiger partial charge is 0.493 e. The minimum atomic E-state index is 0.502. The molecule has 0 radical (unpaired) electrons. The first kappa shape index (κ1) is 12.8. The van der Waals surface area contributed by atoms with Crippen molar-refractivity contribution < 1.29 is 14.2 Å². The third kappa shape index (κ3) is 2.29. The lowest BCUT2D eigenvalue weighted by molar-refractivity contribution is 0.328. The molecular weight excluding hydrogens is 254 g/mol. The van der Waals surface area contributed by atoms with Gasteiger partial charge in [-0.2, -0.15) is 0 Å². The van der Waals surface area contributed by atoms with Gasteiger partial charge in [0, 0.05) is 17.5 Å². The molecule has 0 saturated heterocycles. The first-order chi connectivity index (χ1) is 8.69. The normalized spacial score (nSPS) is 10.4. The summed E-state index contributed by atoms with van der Waals surface area (Å²) in [4.78, 5) is 4.37. The maximum absolute atomic E-state index is 6.21. The second-order valence-corrected chi connectivity index (χ2v) is 4.01. The van der Waals surface area contributed by atoms with E-state index in [0.29, 0.717) is 34.5 Å². The Hall–Kier alpha value is -1.68. The Balaban J connectivity index is 2.64. The first-order valence-electron chi connectivity index (χ1n) is 5.54. The van der Waals surface area contributed by atoms with E-state index in [9.17, 15) is 0 Å². The standard InChI is InChI=1S/C13H14ClNO3/c1-4-18-13-6-9(14)8-5-11(16-2)12(17-3)7-10(8)15-13/h5-7H,4H2,1-3H3. The third-order valence-corrected chi connectivity index (χ3v) is 2.84. The van der Waals surface area contributed by atoms with Gasteiger partial charge in [-0.3, -0.25) is 0 Å². The molecule has 18 heavy (non-hydrogen) atoms. The van der Waals surface area contributed by atoms with E-state index in [1.165, 1.54) is 0 Å². The molecule has 2 aromatic rings. The number of methoxy groups -OCH3 is 2. The van der Waals surface area contributed by atoms with Crippen molar-refractivity contribution in [2.75, 3.05) is 20.8 Å². The lowest BCUT2D eigenvalue weighted by atomic mass is 10.2. The minimum Gasteiger partial charge on any atom is -0.493 e. The van der Waals surface area contributed by atoms with Crippen molar-refractivity contribution in [3.8, 4) is 17.4 Å². The zero-order chi connectivity index (χ0) is 13.1. The molecule has 4 nitrogen and oxygen atoms in total. The molecule has 0 atom stereocenters. The van der Waals surface area contributed by atoms with Gasteiger partial charge >= 0.3 is 0 Å². The highest BCUT2D eigenvalue weighted by molar-refractivity contribution is 6.35. The van der Waals surface area contributed by atoms with Crippen LogP contribution in [-0.2, 0) is 0 Å². The predicted octanol–water partition coefficient (Wildman–Crippen LogP) is 3.30. The molecule has 1 aromatic heterocycles. The fraction of sp³-hybridized carbons (Fsp3) is 0.308. The summed E-state index contributed by atoms with van der Waals surface area (Å²) in [5.41, 5.74) is 0.712. The summed E-state index contributed by atoms with van der Waals surface area (Å²) in [7, 11) is 3.16. The number of aromatic nitrogens is 1. The van der Waals surface area contributed by atoms with Gasteiger partial charge in [0.25, 0.3) is 0 Å². The SMILES string of the molecule is CCOc1cc(Cl)c2cc(OC)c(OC)cc2n1. The third-order valence-electron chi connectivity index (χ3n) is 2.53. The summed E-state index contributed by atoms with van der Waals surface area (Å²) in [6.45, 7) is 2.44. The zero-order valence-electron chi connectivity index (χ0n) is 10.5. The Labute approximate surface area is 110 Å². The Bertz CT molecular complexity index is 572. The van der Waals surface area contributed by atoms with Gasteiger partial charge in [0.2, 0.25) is 5.88 Å². The van der Waals surface area contributed by atoms with Crippen molar-refractivity contribution >= 4 is 22.5 Å². The Morgan fingerprint density at radius 3 is 2.39 bits per heavy atom. The fourth-order valence-corrected chi connectivity index (χ4v) is 1.96. The molecule has 0 N–H and O–H groups in total. The Morgan fingerprint density at radius 2 is 1.78 bits per heavy atom. The van der Waals surface area contributed by atoms with E-state index < -0.39 is 0 Å². The highest BCUT2D eigenvalue weighted by atomic mass is 35.5. The number of ether oxygens (including phenoxy) is 3. The molecule has 0 spiro atoms. The smallest absolute Gasteiger partial charge is 0.215 e. The molecule has 96 valence electrons. The van der Waals surface area contributed by atoms with Crippen molar-refractivity contribution in [1.29, 1.82) is 0 Å². The van der Waals surface area contributed by atoms with Crippen LogP contribution in [0.1, 0.15) is 6.92 Å². The van der Waals surface area contributed by atoms with E-state index in [1.807, 2.05) is 6.92 Å². The highest BCUT2D eigenvalue weighted by Gasteiger charge is 2.11. The van der Waals surface area contributed by atoms with E-state index in [2.05, 4.69) is 4.98 Å². The summed E-state index contributed by atoms with van der Waals surface area (Å²) in [6.07, 6.45) is 0. The number of rotatable bonds is 4. The van der Waals surface area contributed by atoms with Gasteiger partial charge in [0.1, 0.15) is 0 Å². The number of halogens is 1. The van der Waals surface area contributed by atoms with Gasteiger partial charge in [-0.05, 0) is 13.0 Å². The second-order valence-electron chi connectivity index (χ2n) is 3.60. The summed E-state index contributed by atoms with van der Waals surface area (Å²) in [5, 5.41) is 1.38. The lowest BCUT2D eigenvalue weighted by Crippen LogP contribution is -1.96. The van der Waals surface area contributed by atoms with Gasteiger partial charge < -0.3 is 14.2 Å². The molecule has 2 rings (SSSR count). The summed E-state index contributed by atoms with van der Waals surface area (Å²) in [6, 6.07) is 5.28. The van der Waals surface area contributed by atoms with Crippen LogP contribution in [0.5, 0.6) is 17.4 Å². The summed E-state index contributed by atoms with van der Waals surface area (Å²) >= 11 is 6.21. The number of benzene rings is 1. The van der Waals surface area contributed by atoms with Gasteiger partial charge in [0.15, 0.2) is 11.5 Å². The topological polar surface area (TPSA) is 40.6 Å². The average Bonchev–Trinajstić information content (AvgIpc) is 2.37. The van der Waals surface area contributed by atoms with E-state index >= 15 is 0 Å². The van der Waals surface area contributed by atoms with E-state index in [4.69, 9.17) is 25.8 Å². The monoisotopic (exact) mass is 267 g/mol. The van der Waals surface area contributed by atoms with Gasteiger partial charge in [-0.25, -0.2) is 4.98 Å². The van der Waals surface area contributed by atoms with Crippen LogP contribution in [-0.4, -0.2) is 25.8 Å². The van der Waals surface area contributed by atoms with Crippen LogP contribution in [0.25, 0.3) is 10.9 Å². The number of pyridine rings is 1. The summed E-state index contributed by atoms with van der Waals surface area (Å²) in [5.74, 6) is 1.74. The molecular formula is C13H14ClNO3. The number of hydrogen-bond acceptors (Lipinski definition) is 4. The maximum Gasteiger partial charge on any atom is 0.215 e. The first-order valence-corrected chi connectivity index (χ1v) is 5.92. The molecule has 0 aliphatic heterocycles. The molecule has 0 aliphatic rings. The molecule has 0 unspecified atom stereocenters. The maximum atomic E-state index is 6.21. The van der Waals surface area contributed by atoms with E-state index in [1.54, 1.807) is 32.4 Å². The van der Waals surface area contributed by atoms with Crippen molar-refractivity contribution in [2.24, 2.45) is 0 Å². The van der Waals surface area contributed by atoms with Crippen LogP contribution in [0.15, 0.2) is 18.2 Å². The molecule has 1 aromatic carbocycles. The van der Waals surface area contributed by atoms with Gasteiger partial charge in [-0.15, -0.1) is 0 Å². The van der Waals surface area contributed by atoms with Crippen LogP contribution in [0, 0.1) is 0 Å². The minimum absolute atomic E-state index is 0.502. The van der Waals surface area contributed by atoms with Gasteiger partial charge in [0.05, 0.1) is 31.4 Å². The van der Waals surface area contributed by atoms with Crippen molar-refractivity contribution in [3.05, 3.63) is 23.2 Å². The molecule has 0 saturated carbocycles. The Morgan fingerprint density at radius 1 is 1.11 bits per heavy atom. The molecule has 0 amide bonds. The Kier molecular flexibility index (Phi) is 3.77. The van der Waals surface area contributed by atoms with Crippen molar-refractivity contribution in [3.63, 3.8) is 0 Å². The zero-order valence-corrected chi connectivity index (χ0v) is 11.2. The molecule has 1 heterocycles.